The van der Waals surface area contributed by atoms with E-state index in [9.17, 15) is 4.79 Å². The van der Waals surface area contributed by atoms with Crippen LogP contribution < -0.4 is 11.2 Å². The lowest BCUT2D eigenvalue weighted by atomic mass is 10.2. The average molecular weight is 380 g/mol. The Bertz CT molecular complexity index is 724. The van der Waals surface area contributed by atoms with Gasteiger partial charge in [-0.3, -0.25) is 4.79 Å². The second-order valence-electron chi connectivity index (χ2n) is 4.34. The summed E-state index contributed by atoms with van der Waals surface area (Å²) in [6, 6.07) is 7.57. The van der Waals surface area contributed by atoms with Crippen molar-refractivity contribution in [2.24, 2.45) is 0 Å². The zero-order valence-electron chi connectivity index (χ0n) is 11.8. The first kappa shape index (κ1) is 16.4. The van der Waals surface area contributed by atoms with E-state index in [1.807, 2.05) is 24.3 Å². The molecule has 1 heterocycles. The van der Waals surface area contributed by atoms with Crippen molar-refractivity contribution in [2.45, 2.75) is 17.3 Å². The molecule has 6 nitrogen and oxygen atoms in total. The number of halogens is 1. The zero-order valence-corrected chi connectivity index (χ0v) is 14.2. The van der Waals surface area contributed by atoms with Crippen molar-refractivity contribution in [1.29, 1.82) is 0 Å². The molecule has 1 unspecified atom stereocenters. The van der Waals surface area contributed by atoms with E-state index in [0.29, 0.717) is 11.0 Å². The highest BCUT2D eigenvalue weighted by molar-refractivity contribution is 9.10. The largest absolute Gasteiger partial charge is 0.344 e. The van der Waals surface area contributed by atoms with Crippen LogP contribution in [0.1, 0.15) is 6.92 Å². The summed E-state index contributed by atoms with van der Waals surface area (Å²) in [5.74, 6) is 8.74. The highest BCUT2D eigenvalue weighted by atomic mass is 79.9. The molecule has 1 aromatic heterocycles. The maximum absolute atomic E-state index is 11.8. The Kier molecular flexibility index (Phi) is 5.46. The number of amides is 1. The predicted molar refractivity (Wildman–Crippen MR) is 90.5 cm³/mol. The van der Waals surface area contributed by atoms with Crippen LogP contribution in [0.4, 0.5) is 0 Å². The molecular weight excluding hydrogens is 366 g/mol. The third-order valence-electron chi connectivity index (χ3n) is 2.80. The topological polar surface area (TPSA) is 85.8 Å². The van der Waals surface area contributed by atoms with E-state index in [0.717, 1.165) is 10.0 Å². The van der Waals surface area contributed by atoms with Crippen molar-refractivity contribution in [1.82, 2.24) is 20.2 Å². The molecule has 1 atom stereocenters. The summed E-state index contributed by atoms with van der Waals surface area (Å²) in [5, 5.41) is 10.8. The first-order chi connectivity index (χ1) is 10.5. The molecular formula is C14H14BrN5OS. The molecule has 2 aromatic rings. The number of hydrogen-bond acceptors (Lipinski definition) is 5. The Labute approximate surface area is 141 Å². The van der Waals surface area contributed by atoms with Gasteiger partial charge in [0.05, 0.1) is 11.8 Å². The van der Waals surface area contributed by atoms with E-state index in [2.05, 4.69) is 37.4 Å². The molecule has 22 heavy (non-hydrogen) atoms. The van der Waals surface area contributed by atoms with Crippen molar-refractivity contribution < 1.29 is 4.79 Å². The monoisotopic (exact) mass is 379 g/mol. The number of nitrogens with two attached hydrogens (primary N) is 1. The average Bonchev–Trinajstić information content (AvgIpc) is 2.86. The molecule has 8 heteroatoms. The minimum absolute atomic E-state index is 0.173. The normalized spacial score (nSPS) is 11.7. The second-order valence-corrected chi connectivity index (χ2v) is 6.50. The quantitative estimate of drug-likeness (QED) is 0.468. The Morgan fingerprint density at radius 3 is 2.95 bits per heavy atom. The van der Waals surface area contributed by atoms with Crippen LogP contribution >= 0.6 is 27.7 Å². The SMILES string of the molecule is C#CCNC(=O)C(C)Sc1nnc(-c2ccccc2Br)n1N. The molecule has 0 fully saturated rings. The maximum atomic E-state index is 11.8. The van der Waals surface area contributed by atoms with Crippen LogP contribution in [-0.2, 0) is 4.79 Å². The third-order valence-corrected chi connectivity index (χ3v) is 4.54. The standard InChI is InChI=1S/C14H14BrN5OS/c1-3-8-17-13(21)9(2)22-14-19-18-12(20(14)16)10-6-4-5-7-11(10)15/h1,4-7,9H,8,16H2,2H3,(H,17,21). The molecule has 0 aliphatic carbocycles. The van der Waals surface area contributed by atoms with Crippen LogP contribution in [0.3, 0.4) is 0 Å². The summed E-state index contributed by atoms with van der Waals surface area (Å²) < 4.78 is 2.24. The predicted octanol–water partition coefficient (Wildman–Crippen LogP) is 1.65. The number of carbonyl (C=O) groups is 1. The molecule has 0 aliphatic rings. The van der Waals surface area contributed by atoms with Gasteiger partial charge in [-0.25, -0.2) is 4.68 Å². The summed E-state index contributed by atoms with van der Waals surface area (Å²) >= 11 is 4.67. The van der Waals surface area contributed by atoms with Crippen LogP contribution in [0, 0.1) is 12.3 Å². The lowest BCUT2D eigenvalue weighted by Gasteiger charge is -2.10. The van der Waals surface area contributed by atoms with Gasteiger partial charge in [0.2, 0.25) is 11.1 Å². The van der Waals surface area contributed by atoms with Gasteiger partial charge in [-0.2, -0.15) is 0 Å². The summed E-state index contributed by atoms with van der Waals surface area (Å²) in [5.41, 5.74) is 0.828. The van der Waals surface area contributed by atoms with Crippen molar-refractivity contribution in [3.8, 4) is 23.7 Å². The van der Waals surface area contributed by atoms with Gasteiger partial charge in [0, 0.05) is 10.0 Å². The van der Waals surface area contributed by atoms with Gasteiger partial charge >= 0.3 is 0 Å². The molecule has 0 saturated carbocycles. The smallest absolute Gasteiger partial charge is 0.234 e. The summed E-state index contributed by atoms with van der Waals surface area (Å²) in [7, 11) is 0. The summed E-state index contributed by atoms with van der Waals surface area (Å²) in [4.78, 5) is 11.8. The maximum Gasteiger partial charge on any atom is 0.234 e. The third kappa shape index (κ3) is 3.61. The highest BCUT2D eigenvalue weighted by Crippen LogP contribution is 2.29. The van der Waals surface area contributed by atoms with Crippen molar-refractivity contribution in [3.63, 3.8) is 0 Å². The molecule has 114 valence electrons. The Hall–Kier alpha value is -1.98. The van der Waals surface area contributed by atoms with Crippen LogP contribution in [0.25, 0.3) is 11.4 Å². The molecule has 0 aliphatic heterocycles. The van der Waals surface area contributed by atoms with Gasteiger partial charge in [0.25, 0.3) is 0 Å². The van der Waals surface area contributed by atoms with E-state index in [1.165, 1.54) is 16.4 Å². The first-order valence-electron chi connectivity index (χ1n) is 6.37. The number of thioether (sulfide) groups is 1. The van der Waals surface area contributed by atoms with Gasteiger partial charge in [-0.05, 0) is 19.1 Å². The van der Waals surface area contributed by atoms with Gasteiger partial charge in [0.1, 0.15) is 0 Å². The Balaban J connectivity index is 2.17. The van der Waals surface area contributed by atoms with E-state index in [1.54, 1.807) is 6.92 Å². The molecule has 2 rings (SSSR count). The molecule has 0 bridgehead atoms. The fourth-order valence-corrected chi connectivity index (χ4v) is 2.93. The number of carbonyl (C=O) groups excluding carboxylic acids is 1. The van der Waals surface area contributed by atoms with E-state index < -0.39 is 0 Å². The lowest BCUT2D eigenvalue weighted by molar-refractivity contribution is -0.120. The number of hydrogen-bond donors (Lipinski definition) is 2. The van der Waals surface area contributed by atoms with Gasteiger partial charge in [-0.1, -0.05) is 45.7 Å². The van der Waals surface area contributed by atoms with Gasteiger partial charge < -0.3 is 11.2 Å². The molecule has 1 aromatic carbocycles. The number of nitrogens with one attached hydrogen (secondary N) is 1. The molecule has 0 radical (unpaired) electrons. The molecule has 3 N–H and O–H groups in total. The number of nitrogens with zero attached hydrogens (tertiary/aromatic N) is 3. The molecule has 1 amide bonds. The zero-order chi connectivity index (χ0) is 16.1. The van der Waals surface area contributed by atoms with E-state index in [-0.39, 0.29) is 17.7 Å². The fourth-order valence-electron chi connectivity index (χ4n) is 1.68. The number of nitrogen functional groups attached to an aromatic ring is 1. The van der Waals surface area contributed by atoms with Crippen molar-refractivity contribution >= 4 is 33.6 Å². The van der Waals surface area contributed by atoms with Crippen LogP contribution in [0.5, 0.6) is 0 Å². The second kappa shape index (κ2) is 7.33. The molecule has 0 saturated heterocycles. The summed E-state index contributed by atoms with van der Waals surface area (Å²) in [6.45, 7) is 1.95. The van der Waals surface area contributed by atoms with Crippen LogP contribution in [-0.4, -0.2) is 32.6 Å². The van der Waals surface area contributed by atoms with E-state index >= 15 is 0 Å². The lowest BCUT2D eigenvalue weighted by Crippen LogP contribution is -2.31. The number of aromatic nitrogens is 3. The fraction of sp³-hybridized carbons (Fsp3) is 0.214. The Morgan fingerprint density at radius 2 is 2.27 bits per heavy atom. The summed E-state index contributed by atoms with van der Waals surface area (Å²) in [6.07, 6.45) is 5.11. The minimum atomic E-state index is -0.382. The van der Waals surface area contributed by atoms with Crippen LogP contribution in [0.2, 0.25) is 0 Å². The molecule has 0 spiro atoms. The highest BCUT2D eigenvalue weighted by Gasteiger charge is 2.20. The first-order valence-corrected chi connectivity index (χ1v) is 8.05. The number of terminal acetylenes is 1. The number of benzene rings is 1. The van der Waals surface area contributed by atoms with Gasteiger partial charge in [-0.15, -0.1) is 16.6 Å². The minimum Gasteiger partial charge on any atom is -0.344 e. The van der Waals surface area contributed by atoms with Crippen molar-refractivity contribution in [2.75, 3.05) is 12.4 Å². The van der Waals surface area contributed by atoms with E-state index in [4.69, 9.17) is 12.3 Å². The van der Waals surface area contributed by atoms with Crippen LogP contribution in [0.15, 0.2) is 33.9 Å². The Morgan fingerprint density at radius 1 is 1.55 bits per heavy atom. The van der Waals surface area contributed by atoms with Gasteiger partial charge in [0.15, 0.2) is 5.82 Å². The number of rotatable bonds is 5. The van der Waals surface area contributed by atoms with Crippen molar-refractivity contribution in [3.05, 3.63) is 28.7 Å².